The maximum absolute atomic E-state index is 12.9. The van der Waals surface area contributed by atoms with Crippen molar-refractivity contribution in [1.29, 1.82) is 0 Å². The minimum Gasteiger partial charge on any atom is -0.253 e. The van der Waals surface area contributed by atoms with E-state index in [1.54, 1.807) is 6.07 Å². The van der Waals surface area contributed by atoms with E-state index in [1.165, 1.54) is 0 Å². The molecule has 0 atom stereocenters. The van der Waals surface area contributed by atoms with Crippen molar-refractivity contribution in [2.75, 3.05) is 5.33 Å². The van der Waals surface area contributed by atoms with Gasteiger partial charge in [-0.05, 0) is 18.6 Å². The number of pyridine rings is 1. The summed E-state index contributed by atoms with van der Waals surface area (Å²) in [5, 5.41) is 1.42. The van der Waals surface area contributed by atoms with E-state index >= 15 is 0 Å². The number of hydrogen-bond donors (Lipinski definition) is 0. The lowest BCUT2D eigenvalue weighted by molar-refractivity contribution is 0.510. The Morgan fingerprint density at radius 1 is 1.13 bits per heavy atom. The maximum atomic E-state index is 12.9. The van der Waals surface area contributed by atoms with Crippen LogP contribution < -0.4 is 0 Å². The molecule has 0 aliphatic rings. The molecular formula is C11H8BrF2N. The van der Waals surface area contributed by atoms with Crippen molar-refractivity contribution in [3.05, 3.63) is 41.6 Å². The van der Waals surface area contributed by atoms with Gasteiger partial charge in [0.25, 0.3) is 0 Å². The average Bonchev–Trinajstić information content (AvgIpc) is 2.21. The fourth-order valence-electron chi connectivity index (χ4n) is 1.40. The van der Waals surface area contributed by atoms with Crippen molar-refractivity contribution in [2.24, 2.45) is 0 Å². The highest BCUT2D eigenvalue weighted by atomic mass is 79.9. The second-order valence-electron chi connectivity index (χ2n) is 3.20. The van der Waals surface area contributed by atoms with Gasteiger partial charge in [-0.1, -0.05) is 22.0 Å². The third kappa shape index (κ3) is 2.15. The van der Waals surface area contributed by atoms with Crippen LogP contribution in [-0.2, 0) is 6.42 Å². The van der Waals surface area contributed by atoms with Gasteiger partial charge in [-0.15, -0.1) is 0 Å². The zero-order valence-corrected chi connectivity index (χ0v) is 9.39. The standard InChI is InChI=1S/C11H8BrF2N/c12-4-3-8-2-1-7-5-9(13)10(14)6-11(7)15-8/h1-2,5-6H,3-4H2. The molecule has 0 radical (unpaired) electrons. The summed E-state index contributed by atoms with van der Waals surface area (Å²) in [5.41, 5.74) is 1.36. The summed E-state index contributed by atoms with van der Waals surface area (Å²) in [6, 6.07) is 5.86. The fraction of sp³-hybridized carbons (Fsp3) is 0.182. The van der Waals surface area contributed by atoms with E-state index in [0.29, 0.717) is 10.9 Å². The molecule has 0 fully saturated rings. The molecular weight excluding hydrogens is 264 g/mol. The van der Waals surface area contributed by atoms with Gasteiger partial charge in [-0.2, -0.15) is 0 Å². The van der Waals surface area contributed by atoms with Crippen LogP contribution in [0, 0.1) is 11.6 Å². The lowest BCUT2D eigenvalue weighted by atomic mass is 10.2. The summed E-state index contributed by atoms with van der Waals surface area (Å²) in [7, 11) is 0. The minimum absolute atomic E-state index is 0.493. The molecule has 0 saturated carbocycles. The number of benzene rings is 1. The van der Waals surface area contributed by atoms with Crippen molar-refractivity contribution in [1.82, 2.24) is 4.98 Å². The van der Waals surface area contributed by atoms with Crippen LogP contribution in [-0.4, -0.2) is 10.3 Å². The van der Waals surface area contributed by atoms with Gasteiger partial charge in [0, 0.05) is 22.5 Å². The number of fused-ring (bicyclic) bond motifs is 1. The molecule has 2 rings (SSSR count). The van der Waals surface area contributed by atoms with Crippen LogP contribution in [0.2, 0.25) is 0 Å². The molecule has 0 bridgehead atoms. The van der Waals surface area contributed by atoms with Gasteiger partial charge in [-0.25, -0.2) is 8.78 Å². The number of alkyl halides is 1. The monoisotopic (exact) mass is 271 g/mol. The lowest BCUT2D eigenvalue weighted by Crippen LogP contribution is -1.93. The third-order valence-corrected chi connectivity index (χ3v) is 2.54. The van der Waals surface area contributed by atoms with Gasteiger partial charge in [0.15, 0.2) is 11.6 Å². The summed E-state index contributed by atoms with van der Waals surface area (Å²) in [6.45, 7) is 0. The van der Waals surface area contributed by atoms with Crippen LogP contribution in [0.5, 0.6) is 0 Å². The zero-order valence-electron chi connectivity index (χ0n) is 7.80. The van der Waals surface area contributed by atoms with Crippen LogP contribution in [0.1, 0.15) is 5.69 Å². The van der Waals surface area contributed by atoms with Gasteiger partial charge in [0.05, 0.1) is 5.52 Å². The molecule has 1 nitrogen and oxygen atoms in total. The van der Waals surface area contributed by atoms with E-state index in [2.05, 4.69) is 20.9 Å². The van der Waals surface area contributed by atoms with Crippen LogP contribution in [0.15, 0.2) is 24.3 Å². The number of halogens is 3. The lowest BCUT2D eigenvalue weighted by Gasteiger charge is -2.01. The van der Waals surface area contributed by atoms with E-state index in [4.69, 9.17) is 0 Å². The predicted octanol–water partition coefficient (Wildman–Crippen LogP) is 3.45. The first kappa shape index (κ1) is 10.5. The van der Waals surface area contributed by atoms with Crippen LogP contribution in [0.4, 0.5) is 8.78 Å². The fourth-order valence-corrected chi connectivity index (χ4v) is 1.80. The largest absolute Gasteiger partial charge is 0.253 e. The molecule has 0 N–H and O–H groups in total. The van der Waals surface area contributed by atoms with E-state index in [0.717, 1.165) is 29.6 Å². The summed E-state index contributed by atoms with van der Waals surface area (Å²) < 4.78 is 25.8. The molecule has 0 aliphatic heterocycles. The maximum Gasteiger partial charge on any atom is 0.161 e. The molecule has 1 aromatic heterocycles. The first-order chi connectivity index (χ1) is 7.20. The van der Waals surface area contributed by atoms with Gasteiger partial charge in [-0.3, -0.25) is 4.98 Å². The quantitative estimate of drug-likeness (QED) is 0.763. The highest BCUT2D eigenvalue weighted by Crippen LogP contribution is 2.17. The SMILES string of the molecule is Fc1cc2ccc(CCBr)nc2cc1F. The molecule has 1 aromatic carbocycles. The van der Waals surface area contributed by atoms with Crippen molar-refractivity contribution < 1.29 is 8.78 Å². The van der Waals surface area contributed by atoms with E-state index in [9.17, 15) is 8.78 Å². The third-order valence-electron chi connectivity index (χ3n) is 2.14. The number of aryl methyl sites for hydroxylation is 1. The summed E-state index contributed by atoms with van der Waals surface area (Å²) in [5.74, 6) is -1.69. The normalized spacial score (nSPS) is 10.9. The summed E-state index contributed by atoms with van der Waals surface area (Å²) in [4.78, 5) is 4.23. The minimum atomic E-state index is -0.856. The first-order valence-corrected chi connectivity index (χ1v) is 5.63. The molecule has 78 valence electrons. The van der Waals surface area contributed by atoms with E-state index < -0.39 is 11.6 Å². The Bertz CT molecular complexity index is 499. The van der Waals surface area contributed by atoms with Crippen LogP contribution in [0.25, 0.3) is 10.9 Å². The molecule has 0 aliphatic carbocycles. The van der Waals surface area contributed by atoms with Crippen molar-refractivity contribution in [2.45, 2.75) is 6.42 Å². The van der Waals surface area contributed by atoms with Crippen molar-refractivity contribution >= 4 is 26.8 Å². The second-order valence-corrected chi connectivity index (χ2v) is 3.99. The van der Waals surface area contributed by atoms with Crippen LogP contribution in [0.3, 0.4) is 0 Å². The number of aromatic nitrogens is 1. The first-order valence-electron chi connectivity index (χ1n) is 4.51. The summed E-state index contributed by atoms with van der Waals surface area (Å²) >= 11 is 3.30. The number of rotatable bonds is 2. The second kappa shape index (κ2) is 4.23. The van der Waals surface area contributed by atoms with E-state index in [1.807, 2.05) is 6.07 Å². The molecule has 4 heteroatoms. The number of hydrogen-bond acceptors (Lipinski definition) is 1. The van der Waals surface area contributed by atoms with Gasteiger partial charge in [0.2, 0.25) is 0 Å². The average molecular weight is 272 g/mol. The van der Waals surface area contributed by atoms with Gasteiger partial charge in [0.1, 0.15) is 0 Å². The van der Waals surface area contributed by atoms with Gasteiger partial charge < -0.3 is 0 Å². The van der Waals surface area contributed by atoms with Gasteiger partial charge >= 0.3 is 0 Å². The Hall–Kier alpha value is -1.03. The van der Waals surface area contributed by atoms with E-state index in [-0.39, 0.29) is 0 Å². The van der Waals surface area contributed by atoms with Crippen molar-refractivity contribution in [3.63, 3.8) is 0 Å². The smallest absolute Gasteiger partial charge is 0.161 e. The Balaban J connectivity index is 2.56. The molecule has 0 saturated heterocycles. The Morgan fingerprint density at radius 3 is 2.60 bits per heavy atom. The summed E-state index contributed by atoms with van der Waals surface area (Å²) in [6.07, 6.45) is 0.773. The number of nitrogens with zero attached hydrogens (tertiary/aromatic N) is 1. The molecule has 2 aromatic rings. The molecule has 0 amide bonds. The van der Waals surface area contributed by atoms with Crippen LogP contribution >= 0.6 is 15.9 Å². The Morgan fingerprint density at radius 2 is 1.87 bits per heavy atom. The molecule has 1 heterocycles. The Labute approximate surface area is 94.3 Å². The highest BCUT2D eigenvalue weighted by molar-refractivity contribution is 9.09. The predicted molar refractivity (Wildman–Crippen MR) is 59.2 cm³/mol. The topological polar surface area (TPSA) is 12.9 Å². The zero-order chi connectivity index (χ0) is 10.8. The molecule has 0 unspecified atom stereocenters. The molecule has 15 heavy (non-hydrogen) atoms. The van der Waals surface area contributed by atoms with Crippen molar-refractivity contribution in [3.8, 4) is 0 Å². The molecule has 0 spiro atoms. The highest BCUT2D eigenvalue weighted by Gasteiger charge is 2.05. The Kier molecular flexibility index (Phi) is 2.95.